The molecule has 3 aromatic carbocycles. The molecule has 1 heterocycles. The maximum atomic E-state index is 9.72. The fourth-order valence-electron chi connectivity index (χ4n) is 6.98. The van der Waals surface area contributed by atoms with Gasteiger partial charge in [-0.25, -0.2) is 0 Å². The number of halogens is 1. The van der Waals surface area contributed by atoms with Gasteiger partial charge in [-0.15, -0.1) is 0 Å². The van der Waals surface area contributed by atoms with Crippen LogP contribution in [0.4, 0.5) is 0 Å². The SMILES string of the molecule is CCOc1cc(O[C@H]2CCc3c(-c4cccc(OCCCN5CCC5(C)C)c4C)cccc32)c(Cl)cc1CN(C)CC(C)(C)CO. The minimum absolute atomic E-state index is 0.0914. The summed E-state index contributed by atoms with van der Waals surface area (Å²) in [5, 5.41) is 10.3. The number of benzene rings is 3. The quantitative estimate of drug-likeness (QED) is 0.167. The second-order valence-electron chi connectivity index (χ2n) is 14.5. The first-order chi connectivity index (χ1) is 21.9. The minimum Gasteiger partial charge on any atom is -0.493 e. The fourth-order valence-corrected chi connectivity index (χ4v) is 7.21. The topological polar surface area (TPSA) is 54.4 Å². The third kappa shape index (κ3) is 7.84. The van der Waals surface area contributed by atoms with Crippen LogP contribution < -0.4 is 14.2 Å². The summed E-state index contributed by atoms with van der Waals surface area (Å²) in [7, 11) is 2.05. The number of aliphatic hydroxyl groups is 1. The molecule has 1 saturated heterocycles. The molecule has 6 nitrogen and oxygen atoms in total. The van der Waals surface area contributed by atoms with Gasteiger partial charge in [-0.1, -0.05) is 55.8 Å². The molecule has 46 heavy (non-hydrogen) atoms. The Morgan fingerprint density at radius 3 is 2.50 bits per heavy atom. The first kappa shape index (κ1) is 34.6. The van der Waals surface area contributed by atoms with Crippen LogP contribution in [0.25, 0.3) is 11.1 Å². The van der Waals surface area contributed by atoms with Crippen molar-refractivity contribution in [2.75, 3.05) is 46.5 Å². The van der Waals surface area contributed by atoms with Gasteiger partial charge in [0.25, 0.3) is 0 Å². The van der Waals surface area contributed by atoms with Crippen molar-refractivity contribution in [1.29, 1.82) is 0 Å². The Morgan fingerprint density at radius 1 is 1.04 bits per heavy atom. The van der Waals surface area contributed by atoms with E-state index in [4.69, 9.17) is 25.8 Å². The van der Waals surface area contributed by atoms with Crippen LogP contribution in [0.1, 0.15) is 82.2 Å². The van der Waals surface area contributed by atoms with Crippen molar-refractivity contribution in [2.45, 2.75) is 85.4 Å². The van der Waals surface area contributed by atoms with Crippen molar-refractivity contribution < 1.29 is 19.3 Å². The molecule has 1 aliphatic heterocycles. The lowest BCUT2D eigenvalue weighted by Gasteiger charge is -2.48. The Bertz CT molecular complexity index is 1500. The molecule has 0 unspecified atom stereocenters. The summed E-state index contributed by atoms with van der Waals surface area (Å²) >= 11 is 6.86. The molecule has 5 rings (SSSR count). The summed E-state index contributed by atoms with van der Waals surface area (Å²) in [4.78, 5) is 4.74. The van der Waals surface area contributed by atoms with Gasteiger partial charge in [-0.05, 0) is 100 Å². The van der Waals surface area contributed by atoms with Crippen LogP contribution in [0.3, 0.4) is 0 Å². The van der Waals surface area contributed by atoms with E-state index in [1.165, 1.54) is 40.8 Å². The van der Waals surface area contributed by atoms with E-state index in [2.05, 4.69) is 87.9 Å². The highest BCUT2D eigenvalue weighted by Gasteiger charge is 2.35. The fraction of sp³-hybridized carbons (Fsp3) is 0.538. The summed E-state index contributed by atoms with van der Waals surface area (Å²) in [5.74, 6) is 2.39. The third-order valence-corrected chi connectivity index (χ3v) is 10.0. The second-order valence-corrected chi connectivity index (χ2v) is 14.9. The first-order valence-electron chi connectivity index (χ1n) is 16.9. The zero-order valence-electron chi connectivity index (χ0n) is 28.9. The van der Waals surface area contributed by atoms with Gasteiger partial charge in [-0.3, -0.25) is 4.90 Å². The molecule has 0 aromatic heterocycles. The summed E-state index contributed by atoms with van der Waals surface area (Å²) in [6.07, 6.45) is 4.03. The average Bonchev–Trinajstić information content (AvgIpc) is 3.42. The molecule has 0 amide bonds. The molecule has 3 aromatic rings. The van der Waals surface area contributed by atoms with Crippen molar-refractivity contribution >= 4 is 11.6 Å². The first-order valence-corrected chi connectivity index (χ1v) is 17.3. The maximum Gasteiger partial charge on any atom is 0.142 e. The molecule has 1 aliphatic carbocycles. The minimum atomic E-state index is -0.194. The Balaban J connectivity index is 1.30. The van der Waals surface area contributed by atoms with E-state index < -0.39 is 0 Å². The van der Waals surface area contributed by atoms with E-state index in [9.17, 15) is 5.11 Å². The summed E-state index contributed by atoms with van der Waals surface area (Å²) in [6.45, 7) is 18.0. The lowest BCUT2D eigenvalue weighted by molar-refractivity contribution is 0.0123. The smallest absolute Gasteiger partial charge is 0.142 e. The zero-order valence-corrected chi connectivity index (χ0v) is 29.7. The summed E-state index contributed by atoms with van der Waals surface area (Å²) in [5.41, 5.74) is 7.33. The number of ether oxygens (including phenoxy) is 3. The average molecular weight is 649 g/mol. The molecule has 1 fully saturated rings. The van der Waals surface area contributed by atoms with Crippen LogP contribution in [0.15, 0.2) is 48.5 Å². The van der Waals surface area contributed by atoms with Crippen molar-refractivity contribution in [2.24, 2.45) is 5.41 Å². The Hall–Kier alpha value is -2.77. The lowest BCUT2D eigenvalue weighted by Crippen LogP contribution is -2.55. The number of hydrogen-bond donors (Lipinski definition) is 1. The molecule has 1 atom stereocenters. The van der Waals surface area contributed by atoms with E-state index in [-0.39, 0.29) is 18.1 Å². The van der Waals surface area contributed by atoms with Gasteiger partial charge in [0.15, 0.2) is 0 Å². The van der Waals surface area contributed by atoms with Crippen molar-refractivity contribution in [3.63, 3.8) is 0 Å². The predicted octanol–water partition coefficient (Wildman–Crippen LogP) is 8.48. The Kier molecular flexibility index (Phi) is 10.9. The molecular formula is C39H53ClN2O4. The number of aliphatic hydroxyl groups excluding tert-OH is 1. The van der Waals surface area contributed by atoms with Gasteiger partial charge in [-0.2, -0.15) is 0 Å². The molecule has 0 bridgehead atoms. The van der Waals surface area contributed by atoms with E-state index in [1.807, 2.05) is 19.1 Å². The summed E-state index contributed by atoms with van der Waals surface area (Å²) in [6, 6.07) is 16.9. The van der Waals surface area contributed by atoms with Gasteiger partial charge < -0.3 is 24.2 Å². The van der Waals surface area contributed by atoms with Crippen LogP contribution in [0, 0.1) is 12.3 Å². The standard InChI is InChI=1S/C39H53ClN2O4/c1-8-44-36-23-37(33(40)22-28(36)24-41(7)25-38(3,4)26-43)46-35-17-16-31-30(13-9-14-32(31)35)29-12-10-15-34(27(29)2)45-21-11-19-42-20-18-39(42,5)6/h9-10,12-15,22-23,35,43H,8,11,16-21,24-26H2,1-7H3/t35-/m0/s1. The molecule has 0 spiro atoms. The van der Waals surface area contributed by atoms with Crippen molar-refractivity contribution in [3.8, 4) is 28.4 Å². The molecular weight excluding hydrogens is 596 g/mol. The molecule has 250 valence electrons. The Morgan fingerprint density at radius 2 is 1.80 bits per heavy atom. The van der Waals surface area contributed by atoms with Gasteiger partial charge in [0, 0.05) is 55.4 Å². The predicted molar refractivity (Wildman–Crippen MR) is 189 cm³/mol. The molecule has 0 saturated carbocycles. The van der Waals surface area contributed by atoms with Gasteiger partial charge in [0.1, 0.15) is 23.4 Å². The van der Waals surface area contributed by atoms with E-state index in [1.54, 1.807) is 0 Å². The highest BCUT2D eigenvalue weighted by molar-refractivity contribution is 6.32. The highest BCUT2D eigenvalue weighted by Crippen LogP contribution is 2.44. The normalized spacial score (nSPS) is 17.6. The van der Waals surface area contributed by atoms with Crippen molar-refractivity contribution in [1.82, 2.24) is 9.80 Å². The van der Waals surface area contributed by atoms with Gasteiger partial charge >= 0.3 is 0 Å². The third-order valence-electron chi connectivity index (χ3n) is 9.72. The molecule has 0 radical (unpaired) electrons. The van der Waals surface area contributed by atoms with E-state index >= 15 is 0 Å². The van der Waals surface area contributed by atoms with Gasteiger partial charge in [0.2, 0.25) is 0 Å². The number of hydrogen-bond acceptors (Lipinski definition) is 6. The number of nitrogens with zero attached hydrogens (tertiary/aromatic N) is 2. The Labute approximate surface area is 281 Å². The van der Waals surface area contributed by atoms with E-state index in [0.717, 1.165) is 56.0 Å². The van der Waals surface area contributed by atoms with Crippen LogP contribution in [0.2, 0.25) is 5.02 Å². The summed E-state index contributed by atoms with van der Waals surface area (Å²) < 4.78 is 19.0. The number of fused-ring (bicyclic) bond motifs is 1. The van der Waals surface area contributed by atoms with Crippen molar-refractivity contribution in [3.05, 3.63) is 75.8 Å². The van der Waals surface area contributed by atoms with Crippen LogP contribution in [-0.4, -0.2) is 66.9 Å². The highest BCUT2D eigenvalue weighted by atomic mass is 35.5. The second kappa shape index (κ2) is 14.6. The lowest BCUT2D eigenvalue weighted by atomic mass is 9.89. The maximum absolute atomic E-state index is 9.72. The van der Waals surface area contributed by atoms with E-state index in [0.29, 0.717) is 29.5 Å². The van der Waals surface area contributed by atoms with Crippen LogP contribution >= 0.6 is 11.6 Å². The molecule has 1 N–H and O–H groups in total. The van der Waals surface area contributed by atoms with Crippen LogP contribution in [0.5, 0.6) is 17.2 Å². The largest absolute Gasteiger partial charge is 0.493 e. The van der Waals surface area contributed by atoms with Crippen LogP contribution in [-0.2, 0) is 13.0 Å². The number of rotatable bonds is 15. The molecule has 7 heteroatoms. The zero-order chi connectivity index (χ0) is 33.1. The monoisotopic (exact) mass is 648 g/mol. The van der Waals surface area contributed by atoms with Gasteiger partial charge in [0.05, 0.1) is 18.2 Å². The molecule has 2 aliphatic rings. The number of likely N-dealkylation sites (tertiary alicyclic amines) is 1.